The number of carbonyl (C=O) groups is 1. The topological polar surface area (TPSA) is 47.4 Å². The maximum atomic E-state index is 12.7. The highest BCUT2D eigenvalue weighted by molar-refractivity contribution is 7.98. The van der Waals surface area contributed by atoms with E-state index < -0.39 is 0 Å². The van der Waals surface area contributed by atoms with E-state index in [1.165, 1.54) is 0 Å². The second-order valence-corrected chi connectivity index (χ2v) is 6.61. The highest BCUT2D eigenvalue weighted by Gasteiger charge is 2.13. The number of amides is 1. The molecule has 1 aromatic heterocycles. The second-order valence-electron chi connectivity index (χ2n) is 5.84. The van der Waals surface area contributed by atoms with Crippen molar-refractivity contribution >= 4 is 17.7 Å². The molecule has 26 heavy (non-hydrogen) atoms. The van der Waals surface area contributed by atoms with E-state index >= 15 is 0 Å². The molecule has 2 aromatic carbocycles. The van der Waals surface area contributed by atoms with Gasteiger partial charge in [0.1, 0.15) is 5.75 Å². The van der Waals surface area contributed by atoms with Crippen LogP contribution in [0.25, 0.3) is 5.69 Å². The minimum Gasteiger partial charge on any atom is -0.497 e. The molecule has 3 rings (SSSR count). The minimum atomic E-state index is -0.0110. The van der Waals surface area contributed by atoms with Crippen LogP contribution < -0.4 is 4.74 Å². The fourth-order valence-electron chi connectivity index (χ4n) is 2.70. The number of thioether (sulfide) groups is 1. The van der Waals surface area contributed by atoms with Gasteiger partial charge in [-0.25, -0.2) is 4.98 Å². The Kier molecular flexibility index (Phi) is 5.63. The third-order valence-corrected chi connectivity index (χ3v) is 4.77. The molecule has 5 nitrogen and oxygen atoms in total. The quantitative estimate of drug-likeness (QED) is 0.621. The fraction of sp³-hybridized carbons (Fsp3) is 0.200. The normalized spacial score (nSPS) is 10.6. The Morgan fingerprint density at radius 3 is 2.46 bits per heavy atom. The number of nitrogens with zero attached hydrogens (tertiary/aromatic N) is 3. The van der Waals surface area contributed by atoms with Crippen molar-refractivity contribution in [2.24, 2.45) is 0 Å². The van der Waals surface area contributed by atoms with Crippen molar-refractivity contribution < 1.29 is 9.53 Å². The van der Waals surface area contributed by atoms with Crippen LogP contribution in [0.3, 0.4) is 0 Å². The summed E-state index contributed by atoms with van der Waals surface area (Å²) in [5.41, 5.74) is 2.71. The van der Waals surface area contributed by atoms with Gasteiger partial charge < -0.3 is 9.64 Å². The van der Waals surface area contributed by atoms with Crippen LogP contribution in [0.15, 0.2) is 66.1 Å². The van der Waals surface area contributed by atoms with Crippen LogP contribution in [0.1, 0.15) is 15.9 Å². The molecule has 0 aliphatic carbocycles. The first-order chi connectivity index (χ1) is 12.6. The summed E-state index contributed by atoms with van der Waals surface area (Å²) in [6, 6.07) is 15.3. The van der Waals surface area contributed by atoms with Crippen molar-refractivity contribution in [1.29, 1.82) is 0 Å². The second kappa shape index (κ2) is 8.10. The van der Waals surface area contributed by atoms with Crippen LogP contribution in [-0.2, 0) is 6.54 Å². The van der Waals surface area contributed by atoms with Crippen LogP contribution >= 0.6 is 11.8 Å². The largest absolute Gasteiger partial charge is 0.497 e. The summed E-state index contributed by atoms with van der Waals surface area (Å²) in [6.07, 6.45) is 5.68. The highest BCUT2D eigenvalue weighted by atomic mass is 32.2. The third kappa shape index (κ3) is 3.91. The van der Waals surface area contributed by atoms with Gasteiger partial charge in [-0.15, -0.1) is 0 Å². The molecule has 0 radical (unpaired) electrons. The van der Waals surface area contributed by atoms with Gasteiger partial charge in [-0.1, -0.05) is 23.9 Å². The average molecular weight is 367 g/mol. The number of hydrogen-bond acceptors (Lipinski definition) is 4. The number of carbonyl (C=O) groups excluding carboxylic acids is 1. The lowest BCUT2D eigenvalue weighted by Gasteiger charge is -2.18. The Morgan fingerprint density at radius 2 is 1.85 bits per heavy atom. The zero-order valence-corrected chi connectivity index (χ0v) is 15.9. The van der Waals surface area contributed by atoms with Crippen molar-refractivity contribution in [3.63, 3.8) is 0 Å². The van der Waals surface area contributed by atoms with E-state index in [2.05, 4.69) is 4.98 Å². The molecule has 6 heteroatoms. The summed E-state index contributed by atoms with van der Waals surface area (Å²) < 4.78 is 7.16. The Bertz CT molecular complexity index is 873. The molecule has 1 amide bonds. The van der Waals surface area contributed by atoms with Gasteiger partial charge in [0.2, 0.25) is 0 Å². The molecule has 0 aliphatic rings. The van der Waals surface area contributed by atoms with Gasteiger partial charge in [0.25, 0.3) is 5.91 Å². The van der Waals surface area contributed by atoms with E-state index in [0.29, 0.717) is 12.1 Å². The predicted molar refractivity (Wildman–Crippen MR) is 104 cm³/mol. The number of hydrogen-bond donors (Lipinski definition) is 0. The van der Waals surface area contributed by atoms with Gasteiger partial charge in [0, 0.05) is 37.2 Å². The lowest BCUT2D eigenvalue weighted by atomic mass is 10.1. The van der Waals surface area contributed by atoms with Crippen LogP contribution in [0, 0.1) is 0 Å². The monoisotopic (exact) mass is 367 g/mol. The van der Waals surface area contributed by atoms with Gasteiger partial charge in [-0.3, -0.25) is 9.36 Å². The van der Waals surface area contributed by atoms with Gasteiger partial charge in [0.15, 0.2) is 5.16 Å². The lowest BCUT2D eigenvalue weighted by molar-refractivity contribution is 0.0785. The highest BCUT2D eigenvalue weighted by Crippen LogP contribution is 2.19. The van der Waals surface area contributed by atoms with E-state index in [1.807, 2.05) is 72.6 Å². The van der Waals surface area contributed by atoms with Crippen LogP contribution in [-0.4, -0.2) is 40.8 Å². The van der Waals surface area contributed by atoms with E-state index in [9.17, 15) is 4.79 Å². The molecule has 0 saturated heterocycles. The molecule has 0 aliphatic heterocycles. The Labute approximate surface area is 157 Å². The van der Waals surface area contributed by atoms with Crippen molar-refractivity contribution in [3.8, 4) is 11.4 Å². The number of imidazole rings is 1. The molecule has 0 bridgehead atoms. The summed E-state index contributed by atoms with van der Waals surface area (Å²) >= 11 is 1.58. The molecule has 1 heterocycles. The molecular weight excluding hydrogens is 346 g/mol. The number of benzene rings is 2. The van der Waals surface area contributed by atoms with Gasteiger partial charge in [-0.05, 0) is 48.2 Å². The van der Waals surface area contributed by atoms with Gasteiger partial charge in [0.05, 0.1) is 7.11 Å². The minimum absolute atomic E-state index is 0.0110. The maximum absolute atomic E-state index is 12.7. The Morgan fingerprint density at radius 1 is 1.15 bits per heavy atom. The van der Waals surface area contributed by atoms with Crippen LogP contribution in [0.4, 0.5) is 0 Å². The summed E-state index contributed by atoms with van der Waals surface area (Å²) in [5.74, 6) is 0.797. The lowest BCUT2D eigenvalue weighted by Crippen LogP contribution is -2.26. The fourth-order valence-corrected chi connectivity index (χ4v) is 3.23. The van der Waals surface area contributed by atoms with Crippen molar-refractivity contribution in [2.45, 2.75) is 11.7 Å². The molecule has 0 atom stereocenters. The zero-order valence-electron chi connectivity index (χ0n) is 15.0. The summed E-state index contributed by atoms with van der Waals surface area (Å²) in [7, 11) is 3.45. The van der Waals surface area contributed by atoms with Crippen LogP contribution in [0.5, 0.6) is 5.75 Å². The van der Waals surface area contributed by atoms with Gasteiger partial charge >= 0.3 is 0 Å². The average Bonchev–Trinajstić information content (AvgIpc) is 3.17. The standard InChI is InChI=1S/C20H21N3O2S/c1-22(14-15-4-10-18(25-2)11-5-15)19(24)16-6-8-17(9-7-16)23-13-12-21-20(23)26-3/h4-13H,14H2,1-3H3. The number of methoxy groups -OCH3 is 1. The summed E-state index contributed by atoms with van der Waals surface area (Å²) in [4.78, 5) is 18.7. The van der Waals surface area contributed by atoms with Gasteiger partial charge in [-0.2, -0.15) is 0 Å². The predicted octanol–water partition coefficient (Wildman–Crippen LogP) is 3.88. The van der Waals surface area contributed by atoms with E-state index in [4.69, 9.17) is 4.74 Å². The number of ether oxygens (including phenoxy) is 1. The molecular formula is C20H21N3O2S. The van der Waals surface area contributed by atoms with E-state index in [1.54, 1.807) is 30.0 Å². The first kappa shape index (κ1) is 18.1. The molecule has 0 fully saturated rings. The van der Waals surface area contributed by atoms with Crippen LogP contribution in [0.2, 0.25) is 0 Å². The number of rotatable bonds is 6. The Hall–Kier alpha value is -2.73. The molecule has 0 N–H and O–H groups in total. The first-order valence-electron chi connectivity index (χ1n) is 8.18. The molecule has 3 aromatic rings. The molecule has 134 valence electrons. The summed E-state index contributed by atoms with van der Waals surface area (Å²) in [6.45, 7) is 0.544. The number of aromatic nitrogens is 2. The maximum Gasteiger partial charge on any atom is 0.253 e. The van der Waals surface area contributed by atoms with Crippen molar-refractivity contribution in [1.82, 2.24) is 14.5 Å². The van der Waals surface area contributed by atoms with E-state index in [-0.39, 0.29) is 5.91 Å². The Balaban J connectivity index is 1.70. The molecule has 0 unspecified atom stereocenters. The first-order valence-corrected chi connectivity index (χ1v) is 9.41. The van der Waals surface area contributed by atoms with Crippen molar-refractivity contribution in [2.75, 3.05) is 20.4 Å². The smallest absolute Gasteiger partial charge is 0.253 e. The SMILES string of the molecule is COc1ccc(CN(C)C(=O)c2ccc(-n3ccnc3SC)cc2)cc1. The van der Waals surface area contributed by atoms with Crippen molar-refractivity contribution in [3.05, 3.63) is 72.1 Å². The van der Waals surface area contributed by atoms with E-state index in [0.717, 1.165) is 22.2 Å². The molecule has 0 spiro atoms. The third-order valence-electron chi connectivity index (χ3n) is 4.11. The summed E-state index contributed by atoms with van der Waals surface area (Å²) in [5, 5.41) is 0.917. The molecule has 0 saturated carbocycles. The zero-order chi connectivity index (χ0) is 18.5.